The lowest BCUT2D eigenvalue weighted by atomic mass is 10.1. The van der Waals surface area contributed by atoms with Crippen molar-refractivity contribution in [3.63, 3.8) is 0 Å². The molecule has 4 aromatic rings. The summed E-state index contributed by atoms with van der Waals surface area (Å²) in [5.41, 5.74) is 2.11. The smallest absolute Gasteiger partial charge is 0.329 e. The number of sulfonamides is 1. The Bertz CT molecular complexity index is 1510. The van der Waals surface area contributed by atoms with E-state index in [4.69, 9.17) is 9.47 Å². The predicted octanol–water partition coefficient (Wildman–Crippen LogP) is 4.17. The molecule has 0 radical (unpaired) electrons. The van der Waals surface area contributed by atoms with Crippen LogP contribution in [0.2, 0.25) is 0 Å². The average Bonchev–Trinajstić information content (AvgIpc) is 3.00. The van der Waals surface area contributed by atoms with Gasteiger partial charge in [0.2, 0.25) is 10.0 Å². The van der Waals surface area contributed by atoms with Crippen molar-refractivity contribution in [2.75, 3.05) is 13.7 Å². The summed E-state index contributed by atoms with van der Waals surface area (Å²) in [4.78, 5) is 26.3. The van der Waals surface area contributed by atoms with E-state index in [1.165, 1.54) is 19.2 Å². The molecule has 0 saturated carbocycles. The average molecular weight is 573 g/mol. The Kier molecular flexibility index (Phi) is 10.3. The Balaban J connectivity index is 1.51. The van der Waals surface area contributed by atoms with E-state index in [-0.39, 0.29) is 24.3 Å². The molecule has 0 aliphatic heterocycles. The molecule has 0 spiro atoms. The van der Waals surface area contributed by atoms with E-state index in [0.717, 1.165) is 11.1 Å². The van der Waals surface area contributed by atoms with Gasteiger partial charge in [-0.05, 0) is 53.9 Å². The molecule has 8 nitrogen and oxygen atoms in total. The van der Waals surface area contributed by atoms with Crippen molar-refractivity contribution < 1.29 is 27.5 Å². The SMILES string of the molecule is COc1ccc(S(=O)(=O)NC(COC(=O)C(Cc2ccccc2)NC(=O)c2ccccc2)Cc2ccccc2)cc1. The molecule has 0 aromatic heterocycles. The highest BCUT2D eigenvalue weighted by atomic mass is 32.2. The molecule has 0 aliphatic rings. The molecule has 4 aromatic carbocycles. The first-order valence-corrected chi connectivity index (χ1v) is 14.6. The Morgan fingerprint density at radius 2 is 1.27 bits per heavy atom. The topological polar surface area (TPSA) is 111 Å². The second kappa shape index (κ2) is 14.2. The number of hydrogen-bond donors (Lipinski definition) is 2. The van der Waals surface area contributed by atoms with Crippen LogP contribution in [-0.2, 0) is 32.4 Å². The Hall–Kier alpha value is -4.47. The Morgan fingerprint density at radius 3 is 1.83 bits per heavy atom. The van der Waals surface area contributed by atoms with E-state index in [2.05, 4.69) is 10.0 Å². The maximum atomic E-state index is 13.3. The maximum Gasteiger partial charge on any atom is 0.329 e. The van der Waals surface area contributed by atoms with Gasteiger partial charge in [0.05, 0.1) is 18.0 Å². The van der Waals surface area contributed by atoms with Crippen LogP contribution in [0.1, 0.15) is 21.5 Å². The predicted molar refractivity (Wildman–Crippen MR) is 156 cm³/mol. The third-order valence-electron chi connectivity index (χ3n) is 6.35. The van der Waals surface area contributed by atoms with Gasteiger partial charge in [0.15, 0.2) is 0 Å². The molecule has 2 unspecified atom stereocenters. The minimum absolute atomic E-state index is 0.0553. The second-order valence-electron chi connectivity index (χ2n) is 9.40. The maximum absolute atomic E-state index is 13.3. The van der Waals surface area contributed by atoms with Crippen molar-refractivity contribution in [3.8, 4) is 5.75 Å². The van der Waals surface area contributed by atoms with Crippen LogP contribution < -0.4 is 14.8 Å². The van der Waals surface area contributed by atoms with Gasteiger partial charge < -0.3 is 14.8 Å². The lowest BCUT2D eigenvalue weighted by molar-refractivity contribution is -0.146. The van der Waals surface area contributed by atoms with Crippen LogP contribution in [0.15, 0.2) is 120 Å². The van der Waals surface area contributed by atoms with Crippen LogP contribution in [0.4, 0.5) is 0 Å². The lowest BCUT2D eigenvalue weighted by Crippen LogP contribution is -2.46. The van der Waals surface area contributed by atoms with E-state index >= 15 is 0 Å². The van der Waals surface area contributed by atoms with Gasteiger partial charge in [-0.3, -0.25) is 4.79 Å². The number of carbonyl (C=O) groups is 2. The number of amides is 1. The fourth-order valence-corrected chi connectivity index (χ4v) is 5.45. The molecular formula is C32H32N2O6S. The van der Waals surface area contributed by atoms with Gasteiger partial charge in [0.25, 0.3) is 5.91 Å². The Labute approximate surface area is 240 Å². The van der Waals surface area contributed by atoms with Gasteiger partial charge in [0.1, 0.15) is 18.4 Å². The summed E-state index contributed by atoms with van der Waals surface area (Å²) in [6.07, 6.45) is 0.488. The van der Waals surface area contributed by atoms with Crippen molar-refractivity contribution >= 4 is 21.9 Å². The first kappa shape index (κ1) is 29.5. The van der Waals surface area contributed by atoms with Gasteiger partial charge in [-0.2, -0.15) is 0 Å². The number of hydrogen-bond acceptors (Lipinski definition) is 6. The van der Waals surface area contributed by atoms with Crippen LogP contribution in [0.25, 0.3) is 0 Å². The van der Waals surface area contributed by atoms with E-state index in [1.54, 1.807) is 42.5 Å². The number of esters is 1. The molecule has 0 aliphatic carbocycles. The van der Waals surface area contributed by atoms with E-state index < -0.39 is 34.0 Å². The summed E-state index contributed by atoms with van der Waals surface area (Å²) in [6.45, 7) is -0.240. The van der Waals surface area contributed by atoms with Crippen LogP contribution in [0.3, 0.4) is 0 Å². The number of methoxy groups -OCH3 is 1. The highest BCUT2D eigenvalue weighted by molar-refractivity contribution is 7.89. The fraction of sp³-hybridized carbons (Fsp3) is 0.188. The summed E-state index contributed by atoms with van der Waals surface area (Å²) in [5, 5.41) is 2.78. The molecule has 0 heterocycles. The van der Waals surface area contributed by atoms with Gasteiger partial charge in [-0.1, -0.05) is 78.9 Å². The van der Waals surface area contributed by atoms with Gasteiger partial charge in [-0.15, -0.1) is 0 Å². The Morgan fingerprint density at radius 1 is 0.732 bits per heavy atom. The second-order valence-corrected chi connectivity index (χ2v) is 11.1. The quantitative estimate of drug-likeness (QED) is 0.233. The first-order valence-electron chi connectivity index (χ1n) is 13.1. The number of carbonyl (C=O) groups excluding carboxylic acids is 2. The molecule has 2 N–H and O–H groups in total. The number of nitrogens with one attached hydrogen (secondary N) is 2. The highest BCUT2D eigenvalue weighted by Gasteiger charge is 2.27. The standard InChI is InChI=1S/C32H32N2O6S/c1-39-28-17-19-29(20-18-28)41(37,38)34-27(21-24-11-5-2-6-12-24)23-40-32(36)30(22-25-13-7-3-8-14-25)33-31(35)26-15-9-4-10-16-26/h2-20,27,30,34H,21-23H2,1H3,(H,33,35). The summed E-state index contributed by atoms with van der Waals surface area (Å²) in [7, 11) is -2.44. The molecule has 2 atom stereocenters. The normalized spacial score (nSPS) is 12.6. The largest absolute Gasteiger partial charge is 0.497 e. The third-order valence-corrected chi connectivity index (χ3v) is 7.89. The number of benzene rings is 4. The molecule has 0 fully saturated rings. The van der Waals surface area contributed by atoms with Crippen molar-refractivity contribution in [1.29, 1.82) is 0 Å². The summed E-state index contributed by atoms with van der Waals surface area (Å²) in [6, 6.07) is 31.4. The van der Waals surface area contributed by atoms with Gasteiger partial charge in [-0.25, -0.2) is 17.9 Å². The summed E-state index contributed by atoms with van der Waals surface area (Å²) < 4.78 is 39.9. The molecule has 41 heavy (non-hydrogen) atoms. The first-order chi connectivity index (χ1) is 19.8. The number of rotatable bonds is 13. The highest BCUT2D eigenvalue weighted by Crippen LogP contribution is 2.17. The van der Waals surface area contributed by atoms with Crippen LogP contribution in [0, 0.1) is 0 Å². The van der Waals surface area contributed by atoms with Crippen molar-refractivity contribution in [3.05, 3.63) is 132 Å². The molecule has 212 valence electrons. The monoisotopic (exact) mass is 572 g/mol. The molecule has 0 saturated heterocycles. The van der Waals surface area contributed by atoms with Gasteiger partial charge >= 0.3 is 5.97 Å². The van der Waals surface area contributed by atoms with Gasteiger partial charge in [0, 0.05) is 12.0 Å². The molecule has 4 rings (SSSR count). The molecule has 1 amide bonds. The third kappa shape index (κ3) is 8.76. The lowest BCUT2D eigenvalue weighted by Gasteiger charge is -2.22. The van der Waals surface area contributed by atoms with Crippen molar-refractivity contribution in [2.45, 2.75) is 29.8 Å². The van der Waals surface area contributed by atoms with E-state index in [9.17, 15) is 18.0 Å². The molecule has 9 heteroatoms. The van der Waals surface area contributed by atoms with Crippen LogP contribution in [-0.4, -0.2) is 46.1 Å². The molecule has 0 bridgehead atoms. The van der Waals surface area contributed by atoms with Crippen LogP contribution in [0.5, 0.6) is 5.75 Å². The summed E-state index contributed by atoms with van der Waals surface area (Å²) >= 11 is 0. The zero-order valence-electron chi connectivity index (χ0n) is 22.6. The van der Waals surface area contributed by atoms with Crippen molar-refractivity contribution in [2.24, 2.45) is 0 Å². The summed E-state index contributed by atoms with van der Waals surface area (Å²) in [5.74, 6) is -0.551. The minimum atomic E-state index is -3.94. The van der Waals surface area contributed by atoms with E-state index in [0.29, 0.717) is 11.3 Å². The van der Waals surface area contributed by atoms with E-state index in [1.807, 2.05) is 60.7 Å². The zero-order valence-corrected chi connectivity index (χ0v) is 23.4. The minimum Gasteiger partial charge on any atom is -0.497 e. The molecular weight excluding hydrogens is 540 g/mol. The van der Waals surface area contributed by atoms with Crippen LogP contribution >= 0.6 is 0 Å². The number of ether oxygens (including phenoxy) is 2. The van der Waals surface area contributed by atoms with Crippen molar-refractivity contribution in [1.82, 2.24) is 10.0 Å². The fourth-order valence-electron chi connectivity index (χ4n) is 4.23. The zero-order chi connectivity index (χ0) is 29.1.